The summed E-state index contributed by atoms with van der Waals surface area (Å²) in [4.78, 5) is 12.5. The quantitative estimate of drug-likeness (QED) is 0.882. The third-order valence-corrected chi connectivity index (χ3v) is 5.40. The molecule has 3 heterocycles. The summed E-state index contributed by atoms with van der Waals surface area (Å²) in [5, 5.41) is 15.0. The number of nitrogens with zero attached hydrogens (tertiary/aromatic N) is 4. The second-order valence-electron chi connectivity index (χ2n) is 7.92. The minimum Gasteiger partial charge on any atom is -0.380 e. The molecule has 1 aliphatic carbocycles. The summed E-state index contributed by atoms with van der Waals surface area (Å²) in [6, 6.07) is 0. The molecule has 26 heavy (non-hydrogen) atoms. The molecule has 2 aliphatic rings. The van der Waals surface area contributed by atoms with Crippen molar-refractivity contribution < 1.29 is 14.1 Å². The number of hydrogen-bond acceptors (Lipinski definition) is 6. The number of anilines is 1. The number of amides is 1. The third-order valence-electron chi connectivity index (χ3n) is 5.40. The second kappa shape index (κ2) is 6.83. The van der Waals surface area contributed by atoms with Gasteiger partial charge < -0.3 is 9.26 Å². The summed E-state index contributed by atoms with van der Waals surface area (Å²) in [6.07, 6.45) is 7.68. The van der Waals surface area contributed by atoms with Gasteiger partial charge in [-0.1, -0.05) is 36.6 Å². The van der Waals surface area contributed by atoms with E-state index in [1.807, 2.05) is 6.92 Å². The van der Waals surface area contributed by atoms with Crippen molar-refractivity contribution >= 4 is 11.8 Å². The predicted molar refractivity (Wildman–Crippen MR) is 94.0 cm³/mol. The molecule has 0 aromatic carbocycles. The molecule has 8 nitrogen and oxygen atoms in total. The molecule has 140 valence electrons. The van der Waals surface area contributed by atoms with Crippen LogP contribution in [0.2, 0.25) is 0 Å². The monoisotopic (exact) mass is 359 g/mol. The van der Waals surface area contributed by atoms with Crippen molar-refractivity contribution in [2.75, 3.05) is 18.5 Å². The highest BCUT2D eigenvalue weighted by atomic mass is 16.5. The molecule has 4 rings (SSSR count). The van der Waals surface area contributed by atoms with Crippen molar-refractivity contribution in [2.24, 2.45) is 5.41 Å². The molecule has 2 fully saturated rings. The Bertz CT molecular complexity index is 787. The third kappa shape index (κ3) is 3.38. The van der Waals surface area contributed by atoms with Gasteiger partial charge in [-0.2, -0.15) is 0 Å². The van der Waals surface area contributed by atoms with Crippen LogP contribution in [0.3, 0.4) is 0 Å². The zero-order valence-electron chi connectivity index (χ0n) is 15.3. The van der Waals surface area contributed by atoms with Crippen LogP contribution in [0.15, 0.2) is 10.7 Å². The lowest BCUT2D eigenvalue weighted by molar-refractivity contribution is -0.111. The van der Waals surface area contributed by atoms with Gasteiger partial charge in [0.15, 0.2) is 5.69 Å². The van der Waals surface area contributed by atoms with Crippen molar-refractivity contribution in [3.05, 3.63) is 23.1 Å². The Morgan fingerprint density at radius 1 is 1.35 bits per heavy atom. The zero-order valence-corrected chi connectivity index (χ0v) is 15.3. The Kier molecular flexibility index (Phi) is 4.52. The van der Waals surface area contributed by atoms with Crippen LogP contribution in [-0.2, 0) is 11.3 Å². The number of ether oxygens (including phenoxy) is 1. The van der Waals surface area contributed by atoms with E-state index in [4.69, 9.17) is 9.26 Å². The Hall–Kier alpha value is -2.22. The van der Waals surface area contributed by atoms with Gasteiger partial charge in [-0.15, -0.1) is 5.10 Å². The summed E-state index contributed by atoms with van der Waals surface area (Å²) in [7, 11) is 0. The number of aromatic nitrogens is 4. The maximum absolute atomic E-state index is 12.5. The Morgan fingerprint density at radius 3 is 2.81 bits per heavy atom. The normalized spacial score (nSPS) is 19.9. The number of rotatable bonds is 5. The van der Waals surface area contributed by atoms with Gasteiger partial charge in [0.05, 0.1) is 31.6 Å². The highest BCUT2D eigenvalue weighted by Gasteiger charge is 2.34. The molecule has 0 bridgehead atoms. The fraction of sp³-hybridized carbons (Fsp3) is 0.667. The van der Waals surface area contributed by atoms with Crippen LogP contribution in [0, 0.1) is 12.3 Å². The van der Waals surface area contributed by atoms with Crippen LogP contribution in [0.4, 0.5) is 5.88 Å². The molecule has 0 spiro atoms. The number of hydrogen-bond donors (Lipinski definition) is 1. The van der Waals surface area contributed by atoms with E-state index in [0.29, 0.717) is 31.6 Å². The first-order valence-corrected chi connectivity index (χ1v) is 9.29. The molecule has 1 aliphatic heterocycles. The Labute approximate surface area is 152 Å². The molecular formula is C18H25N5O3. The molecule has 8 heteroatoms. The van der Waals surface area contributed by atoms with Gasteiger partial charge >= 0.3 is 0 Å². The second-order valence-corrected chi connectivity index (χ2v) is 7.92. The molecular weight excluding hydrogens is 334 g/mol. The lowest BCUT2D eigenvalue weighted by Gasteiger charge is -2.37. The number of carbonyl (C=O) groups excluding carboxylic acids is 1. The molecule has 1 N–H and O–H groups in total. The predicted octanol–water partition coefficient (Wildman–Crippen LogP) is 2.91. The van der Waals surface area contributed by atoms with E-state index in [0.717, 1.165) is 24.1 Å². The topological polar surface area (TPSA) is 95.1 Å². The molecule has 0 radical (unpaired) electrons. The van der Waals surface area contributed by atoms with Crippen molar-refractivity contribution in [1.29, 1.82) is 0 Å². The average Bonchev–Trinajstić information content (AvgIpc) is 3.22. The average molecular weight is 359 g/mol. The first-order chi connectivity index (χ1) is 12.5. The highest BCUT2D eigenvalue weighted by molar-refractivity contribution is 6.02. The van der Waals surface area contributed by atoms with E-state index in [1.165, 1.54) is 19.3 Å². The summed E-state index contributed by atoms with van der Waals surface area (Å²) < 4.78 is 12.3. The van der Waals surface area contributed by atoms with Crippen LogP contribution >= 0.6 is 0 Å². The fourth-order valence-electron chi connectivity index (χ4n) is 3.80. The van der Waals surface area contributed by atoms with E-state index < -0.39 is 0 Å². The maximum Gasteiger partial charge on any atom is 0.280 e. The summed E-state index contributed by atoms with van der Waals surface area (Å²) in [6.45, 7) is 6.17. The van der Waals surface area contributed by atoms with Crippen molar-refractivity contribution in [2.45, 2.75) is 58.4 Å². The highest BCUT2D eigenvalue weighted by Crippen LogP contribution is 2.35. The van der Waals surface area contributed by atoms with Gasteiger partial charge in [0.2, 0.25) is 5.88 Å². The molecule has 1 saturated carbocycles. The molecule has 1 amide bonds. The molecule has 2 aromatic heterocycles. The summed E-state index contributed by atoms with van der Waals surface area (Å²) >= 11 is 0. The van der Waals surface area contributed by atoms with Crippen molar-refractivity contribution in [3.8, 4) is 0 Å². The van der Waals surface area contributed by atoms with E-state index in [1.54, 1.807) is 10.9 Å². The number of carbonyl (C=O) groups is 1. The molecule has 1 saturated heterocycles. The van der Waals surface area contributed by atoms with Crippen LogP contribution in [0.5, 0.6) is 0 Å². The Morgan fingerprint density at radius 2 is 2.12 bits per heavy atom. The van der Waals surface area contributed by atoms with Gasteiger partial charge in [-0.05, 0) is 19.8 Å². The van der Waals surface area contributed by atoms with E-state index in [9.17, 15) is 4.79 Å². The van der Waals surface area contributed by atoms with Gasteiger partial charge in [0.1, 0.15) is 0 Å². The van der Waals surface area contributed by atoms with E-state index in [-0.39, 0.29) is 17.0 Å². The largest absolute Gasteiger partial charge is 0.380 e. The minimum atomic E-state index is -0.333. The molecule has 2 aromatic rings. The Balaban J connectivity index is 1.42. The van der Waals surface area contributed by atoms with E-state index >= 15 is 0 Å². The van der Waals surface area contributed by atoms with Crippen LogP contribution < -0.4 is 5.32 Å². The van der Waals surface area contributed by atoms with Gasteiger partial charge in [0.25, 0.3) is 5.91 Å². The maximum atomic E-state index is 12.5. The number of nitrogens with one attached hydrogen (secondary N) is 1. The smallest absolute Gasteiger partial charge is 0.280 e. The minimum absolute atomic E-state index is 0.0673. The lowest BCUT2D eigenvalue weighted by atomic mass is 9.86. The van der Waals surface area contributed by atoms with Crippen LogP contribution in [0.25, 0.3) is 0 Å². The zero-order chi connectivity index (χ0) is 18.1. The van der Waals surface area contributed by atoms with Crippen molar-refractivity contribution in [1.82, 2.24) is 20.2 Å². The van der Waals surface area contributed by atoms with Gasteiger partial charge in [0, 0.05) is 16.9 Å². The van der Waals surface area contributed by atoms with E-state index in [2.05, 4.69) is 27.7 Å². The molecule has 0 unspecified atom stereocenters. The lowest BCUT2D eigenvalue weighted by Crippen LogP contribution is -2.43. The van der Waals surface area contributed by atoms with Crippen LogP contribution in [-0.4, -0.2) is 39.3 Å². The van der Waals surface area contributed by atoms with Crippen molar-refractivity contribution in [3.63, 3.8) is 0 Å². The van der Waals surface area contributed by atoms with Crippen LogP contribution in [0.1, 0.15) is 66.7 Å². The van der Waals surface area contributed by atoms with Gasteiger partial charge in [-0.25, -0.2) is 0 Å². The SMILES string of the molecule is Cc1c(C2CCCCC2)noc1NC(=O)c1cn(CC2(C)COC2)nn1. The molecule has 0 atom stereocenters. The first-order valence-electron chi connectivity index (χ1n) is 9.29. The first kappa shape index (κ1) is 17.2. The summed E-state index contributed by atoms with van der Waals surface area (Å²) in [5.41, 5.74) is 2.22. The summed E-state index contributed by atoms with van der Waals surface area (Å²) in [5.74, 6) is 0.509. The fourth-order valence-corrected chi connectivity index (χ4v) is 3.80. The standard InChI is InChI=1S/C18H25N5O3/c1-12-15(13-6-4-3-5-7-13)21-26-17(12)19-16(24)14-8-23(22-20-14)9-18(2)10-25-11-18/h8,13H,3-7,9-11H2,1-2H3,(H,19,24). The van der Waals surface area contributed by atoms with Gasteiger partial charge in [-0.3, -0.25) is 14.8 Å².